The van der Waals surface area contributed by atoms with Crippen LogP contribution in [0, 0.1) is 0 Å². The van der Waals surface area contributed by atoms with Crippen LogP contribution in [0.4, 0.5) is 0 Å². The van der Waals surface area contributed by atoms with Gasteiger partial charge in [0.05, 0.1) is 5.60 Å². The van der Waals surface area contributed by atoms with Gasteiger partial charge in [-0.1, -0.05) is 31.4 Å². The highest BCUT2D eigenvalue weighted by molar-refractivity contribution is 7.97. The lowest BCUT2D eigenvalue weighted by molar-refractivity contribution is 0.00526. The van der Waals surface area contributed by atoms with Gasteiger partial charge in [0.1, 0.15) is 0 Å². The van der Waals surface area contributed by atoms with E-state index < -0.39 is 5.60 Å². The molecule has 0 heterocycles. The third kappa shape index (κ3) is 4.25. The number of thioether (sulfide) groups is 1. The second-order valence-corrected chi connectivity index (χ2v) is 6.46. The number of benzene rings is 1. The Morgan fingerprint density at radius 3 is 2.50 bits per heavy atom. The molecule has 0 radical (unpaired) electrons. The van der Waals surface area contributed by atoms with Gasteiger partial charge in [-0.25, -0.2) is 0 Å². The van der Waals surface area contributed by atoms with Crippen LogP contribution in [0.25, 0.3) is 0 Å². The van der Waals surface area contributed by atoms with Gasteiger partial charge in [0.15, 0.2) is 0 Å². The molecule has 1 amide bonds. The van der Waals surface area contributed by atoms with Crippen molar-refractivity contribution in [2.45, 2.75) is 43.5 Å². The Kier molecular flexibility index (Phi) is 5.49. The van der Waals surface area contributed by atoms with E-state index >= 15 is 0 Å². The molecule has 4 heteroatoms. The Labute approximate surface area is 125 Å². The van der Waals surface area contributed by atoms with E-state index in [-0.39, 0.29) is 5.91 Å². The molecule has 1 aliphatic rings. The molecule has 1 fully saturated rings. The topological polar surface area (TPSA) is 49.3 Å². The lowest BCUT2D eigenvalue weighted by Gasteiger charge is -2.32. The molecule has 1 aromatic rings. The van der Waals surface area contributed by atoms with Crippen molar-refractivity contribution >= 4 is 17.7 Å². The molecule has 0 unspecified atom stereocenters. The minimum Gasteiger partial charge on any atom is -0.388 e. The number of rotatable bonds is 5. The van der Waals surface area contributed by atoms with Gasteiger partial charge in [0.2, 0.25) is 0 Å². The molecule has 1 aromatic carbocycles. The summed E-state index contributed by atoms with van der Waals surface area (Å²) in [6, 6.07) is 7.68. The number of carbonyl (C=O) groups is 1. The molecular formula is C16H23NO2S. The first-order valence-electron chi connectivity index (χ1n) is 7.21. The van der Waals surface area contributed by atoms with Crippen molar-refractivity contribution in [1.29, 1.82) is 0 Å². The average Bonchev–Trinajstić information content (AvgIpc) is 2.47. The van der Waals surface area contributed by atoms with Crippen molar-refractivity contribution in [2.75, 3.05) is 12.8 Å². The first-order valence-corrected chi connectivity index (χ1v) is 8.61. The molecule has 0 saturated heterocycles. The van der Waals surface area contributed by atoms with Gasteiger partial charge in [-0.2, -0.15) is 11.8 Å². The lowest BCUT2D eigenvalue weighted by atomic mass is 9.85. The number of hydrogen-bond donors (Lipinski definition) is 2. The third-order valence-electron chi connectivity index (χ3n) is 3.89. The third-order valence-corrected chi connectivity index (χ3v) is 4.51. The lowest BCUT2D eigenvalue weighted by Crippen LogP contribution is -2.44. The van der Waals surface area contributed by atoms with Crippen molar-refractivity contribution in [3.8, 4) is 0 Å². The van der Waals surface area contributed by atoms with E-state index in [0.29, 0.717) is 12.1 Å². The molecule has 1 aliphatic carbocycles. The van der Waals surface area contributed by atoms with Crippen molar-refractivity contribution in [1.82, 2.24) is 5.32 Å². The molecule has 0 atom stereocenters. The van der Waals surface area contributed by atoms with Gasteiger partial charge in [-0.05, 0) is 36.8 Å². The molecular weight excluding hydrogens is 270 g/mol. The summed E-state index contributed by atoms with van der Waals surface area (Å²) in [6.45, 7) is 0.360. The van der Waals surface area contributed by atoms with Crippen LogP contribution >= 0.6 is 11.8 Å². The summed E-state index contributed by atoms with van der Waals surface area (Å²) in [7, 11) is 0. The largest absolute Gasteiger partial charge is 0.388 e. The number of carbonyl (C=O) groups excluding carboxylic acids is 1. The van der Waals surface area contributed by atoms with E-state index in [1.54, 1.807) is 11.8 Å². The Bertz CT molecular complexity index is 438. The van der Waals surface area contributed by atoms with Crippen LogP contribution in [0.1, 0.15) is 48.0 Å². The molecule has 0 spiro atoms. The Morgan fingerprint density at radius 1 is 1.25 bits per heavy atom. The van der Waals surface area contributed by atoms with Gasteiger partial charge in [-0.15, -0.1) is 0 Å². The molecule has 3 nitrogen and oxygen atoms in total. The van der Waals surface area contributed by atoms with E-state index in [2.05, 4.69) is 11.6 Å². The maximum absolute atomic E-state index is 12.1. The summed E-state index contributed by atoms with van der Waals surface area (Å²) in [5.41, 5.74) is 1.18. The summed E-state index contributed by atoms with van der Waals surface area (Å²) in [5, 5.41) is 13.2. The predicted molar refractivity (Wildman–Crippen MR) is 84.0 cm³/mol. The normalized spacial score (nSPS) is 17.7. The van der Waals surface area contributed by atoms with Crippen LogP contribution in [0.2, 0.25) is 0 Å². The van der Waals surface area contributed by atoms with Crippen molar-refractivity contribution < 1.29 is 9.90 Å². The SMILES string of the molecule is CSCc1ccc(C(=O)NCC2(O)CCCCC2)cc1. The average molecular weight is 293 g/mol. The standard InChI is InChI=1S/C16H23NO2S/c1-20-11-13-5-7-14(8-6-13)15(18)17-12-16(19)9-3-2-4-10-16/h5-8,19H,2-4,9-12H2,1H3,(H,17,18). The van der Waals surface area contributed by atoms with Crippen LogP contribution in [0.3, 0.4) is 0 Å². The molecule has 2 rings (SSSR count). The summed E-state index contributed by atoms with van der Waals surface area (Å²) in [4.78, 5) is 12.1. The molecule has 0 aromatic heterocycles. The summed E-state index contributed by atoms with van der Waals surface area (Å²) in [5.74, 6) is 0.862. The highest BCUT2D eigenvalue weighted by atomic mass is 32.2. The monoisotopic (exact) mass is 293 g/mol. The van der Waals surface area contributed by atoms with E-state index in [4.69, 9.17) is 0 Å². The smallest absolute Gasteiger partial charge is 0.251 e. The summed E-state index contributed by atoms with van der Waals surface area (Å²) >= 11 is 1.76. The summed E-state index contributed by atoms with van der Waals surface area (Å²) < 4.78 is 0. The first-order chi connectivity index (χ1) is 9.63. The molecule has 110 valence electrons. The van der Waals surface area contributed by atoms with Crippen LogP contribution in [-0.4, -0.2) is 29.4 Å². The quantitative estimate of drug-likeness (QED) is 0.877. The van der Waals surface area contributed by atoms with Crippen LogP contribution < -0.4 is 5.32 Å². The minimum atomic E-state index is -0.702. The molecule has 2 N–H and O–H groups in total. The highest BCUT2D eigenvalue weighted by Gasteiger charge is 2.29. The fraction of sp³-hybridized carbons (Fsp3) is 0.562. The zero-order chi connectivity index (χ0) is 14.4. The van der Waals surface area contributed by atoms with Gasteiger partial charge in [0, 0.05) is 17.9 Å². The van der Waals surface area contributed by atoms with E-state index in [1.165, 1.54) is 12.0 Å². The fourth-order valence-electron chi connectivity index (χ4n) is 2.65. The predicted octanol–water partition coefficient (Wildman–Crippen LogP) is 2.97. The first kappa shape index (κ1) is 15.4. The number of amides is 1. The Hall–Kier alpha value is -1.00. The minimum absolute atomic E-state index is 0.0975. The zero-order valence-corrected chi connectivity index (χ0v) is 12.8. The van der Waals surface area contributed by atoms with E-state index in [1.807, 2.05) is 24.3 Å². The van der Waals surface area contributed by atoms with Crippen molar-refractivity contribution in [3.63, 3.8) is 0 Å². The van der Waals surface area contributed by atoms with Crippen LogP contribution in [0.5, 0.6) is 0 Å². The Balaban J connectivity index is 1.87. The maximum atomic E-state index is 12.1. The van der Waals surface area contributed by atoms with Crippen molar-refractivity contribution in [2.24, 2.45) is 0 Å². The molecule has 20 heavy (non-hydrogen) atoms. The highest BCUT2D eigenvalue weighted by Crippen LogP contribution is 2.27. The fourth-order valence-corrected chi connectivity index (χ4v) is 3.18. The maximum Gasteiger partial charge on any atom is 0.251 e. The van der Waals surface area contributed by atoms with Crippen LogP contribution in [-0.2, 0) is 5.75 Å². The number of nitrogens with one attached hydrogen (secondary N) is 1. The zero-order valence-electron chi connectivity index (χ0n) is 12.0. The van der Waals surface area contributed by atoms with Gasteiger partial charge >= 0.3 is 0 Å². The Morgan fingerprint density at radius 2 is 1.90 bits per heavy atom. The van der Waals surface area contributed by atoms with E-state index in [9.17, 15) is 9.90 Å². The second-order valence-electron chi connectivity index (χ2n) is 5.60. The number of aliphatic hydroxyl groups is 1. The van der Waals surface area contributed by atoms with Gasteiger partial charge in [-0.3, -0.25) is 4.79 Å². The number of hydrogen-bond acceptors (Lipinski definition) is 3. The van der Waals surface area contributed by atoms with Gasteiger partial charge < -0.3 is 10.4 Å². The molecule has 0 bridgehead atoms. The second kappa shape index (κ2) is 7.14. The molecule has 1 saturated carbocycles. The summed E-state index contributed by atoms with van der Waals surface area (Å²) in [6.07, 6.45) is 6.93. The van der Waals surface area contributed by atoms with Crippen molar-refractivity contribution in [3.05, 3.63) is 35.4 Å². The molecule has 0 aliphatic heterocycles. The van der Waals surface area contributed by atoms with Gasteiger partial charge in [0.25, 0.3) is 5.91 Å². The van der Waals surface area contributed by atoms with E-state index in [0.717, 1.165) is 31.4 Å². The van der Waals surface area contributed by atoms with Crippen LogP contribution in [0.15, 0.2) is 24.3 Å².